The smallest absolute Gasteiger partial charge is 0.475 e. The maximum atomic E-state index is 12.9. The minimum Gasteiger partial charge on any atom is -0.475 e. The van der Waals surface area contributed by atoms with Gasteiger partial charge in [0.05, 0.1) is 17.2 Å². The molecule has 0 spiro atoms. The van der Waals surface area contributed by atoms with E-state index in [9.17, 15) is 22.8 Å². The molecular formula is C26H29F3N6O4. The van der Waals surface area contributed by atoms with Crippen molar-refractivity contribution in [1.29, 1.82) is 5.41 Å². The monoisotopic (exact) mass is 546 g/mol. The van der Waals surface area contributed by atoms with Crippen molar-refractivity contribution in [3.63, 3.8) is 0 Å². The first-order valence-electron chi connectivity index (χ1n) is 12.2. The zero-order valence-electron chi connectivity index (χ0n) is 21.1. The van der Waals surface area contributed by atoms with Gasteiger partial charge in [0.2, 0.25) is 5.91 Å². The minimum absolute atomic E-state index is 0.139. The average molecular weight is 547 g/mol. The van der Waals surface area contributed by atoms with Gasteiger partial charge in [-0.2, -0.15) is 18.3 Å². The molecule has 13 heteroatoms. The summed E-state index contributed by atoms with van der Waals surface area (Å²) in [5.74, 6) is -3.65. The maximum absolute atomic E-state index is 12.9. The summed E-state index contributed by atoms with van der Waals surface area (Å²) in [5.41, 5.74) is 8.39. The number of carbonyl (C=O) groups is 3. The van der Waals surface area contributed by atoms with E-state index in [0.717, 1.165) is 37.0 Å². The van der Waals surface area contributed by atoms with E-state index in [0.29, 0.717) is 28.9 Å². The van der Waals surface area contributed by atoms with Crippen LogP contribution in [0.4, 0.5) is 18.9 Å². The van der Waals surface area contributed by atoms with Crippen LogP contribution in [0.15, 0.2) is 48.7 Å². The van der Waals surface area contributed by atoms with Crippen molar-refractivity contribution < 1.29 is 32.7 Å². The number of hydrogen-bond donors (Lipinski definition) is 5. The zero-order chi connectivity index (χ0) is 28.7. The third-order valence-electron chi connectivity index (χ3n) is 6.32. The second-order valence-corrected chi connectivity index (χ2v) is 8.96. The molecule has 10 nitrogen and oxygen atoms in total. The number of carbonyl (C=O) groups excluding carboxylic acids is 2. The van der Waals surface area contributed by atoms with Crippen LogP contribution in [-0.4, -0.2) is 57.6 Å². The average Bonchev–Trinajstić information content (AvgIpc) is 3.34. The lowest BCUT2D eigenvalue weighted by atomic mass is 9.84. The lowest BCUT2D eigenvalue weighted by molar-refractivity contribution is -0.192. The number of primary amides is 1. The SMILES string of the molecule is CC[C@@H](C(=N)C1CCNCC1)C(=O)Nc1ccc(-n2cc3cccc(C(N)=O)c3n2)cc1.O=C(O)C(F)(F)F. The first-order valence-corrected chi connectivity index (χ1v) is 12.2. The van der Waals surface area contributed by atoms with Gasteiger partial charge in [0.1, 0.15) is 5.52 Å². The molecule has 0 aliphatic carbocycles. The largest absolute Gasteiger partial charge is 0.490 e. The van der Waals surface area contributed by atoms with Crippen LogP contribution >= 0.6 is 0 Å². The summed E-state index contributed by atoms with van der Waals surface area (Å²) in [6.07, 6.45) is -0.822. The first-order chi connectivity index (χ1) is 18.4. The molecule has 2 heterocycles. The van der Waals surface area contributed by atoms with Gasteiger partial charge in [-0.25, -0.2) is 9.48 Å². The topological polar surface area (TPSA) is 163 Å². The van der Waals surface area contributed by atoms with Crippen molar-refractivity contribution in [1.82, 2.24) is 15.1 Å². The number of aliphatic carboxylic acids is 1. The first kappa shape index (κ1) is 29.3. The summed E-state index contributed by atoms with van der Waals surface area (Å²) in [4.78, 5) is 33.4. The molecule has 0 saturated carbocycles. The number of carboxylic acid groups (broad SMARTS) is 1. The number of nitrogens with zero attached hydrogens (tertiary/aromatic N) is 2. The molecule has 2 aromatic carbocycles. The summed E-state index contributed by atoms with van der Waals surface area (Å²) in [7, 11) is 0. The number of piperidine rings is 1. The maximum Gasteiger partial charge on any atom is 0.490 e. The van der Waals surface area contributed by atoms with E-state index in [1.165, 1.54) is 0 Å². The Labute approximate surface area is 221 Å². The standard InChI is InChI=1S/C24H28N6O2.C2HF3O2/c1-2-19(21(25)15-10-12-27-13-11-15)24(32)28-17-6-8-18(9-7-17)30-14-16-4-3-5-20(23(26)31)22(16)29-30;3-2(4,5)1(6)7/h3-9,14-15,19,25,27H,2,10-13H2,1H3,(H2,26,31)(H,28,32);(H,6,7)/t19-;/m0./s1. The molecule has 1 aliphatic heterocycles. The number of hydrogen-bond acceptors (Lipinski definition) is 6. The fourth-order valence-corrected chi connectivity index (χ4v) is 4.27. The van der Waals surface area contributed by atoms with Crippen molar-refractivity contribution in [3.8, 4) is 5.69 Å². The molecule has 1 fully saturated rings. The molecule has 1 aromatic heterocycles. The Morgan fingerprint density at radius 3 is 2.33 bits per heavy atom. The van der Waals surface area contributed by atoms with E-state index < -0.39 is 24.0 Å². The molecule has 4 rings (SSSR count). The summed E-state index contributed by atoms with van der Waals surface area (Å²) in [6, 6.07) is 12.6. The van der Waals surface area contributed by atoms with E-state index in [2.05, 4.69) is 15.7 Å². The minimum atomic E-state index is -5.08. The van der Waals surface area contributed by atoms with Crippen LogP contribution < -0.4 is 16.4 Å². The Hall–Kier alpha value is -4.26. The quantitative estimate of drug-likeness (QED) is 0.284. The zero-order valence-corrected chi connectivity index (χ0v) is 21.1. The molecule has 6 N–H and O–H groups in total. The number of anilines is 1. The van der Waals surface area contributed by atoms with E-state index >= 15 is 0 Å². The summed E-state index contributed by atoms with van der Waals surface area (Å²) >= 11 is 0. The lowest BCUT2D eigenvalue weighted by Crippen LogP contribution is -2.38. The van der Waals surface area contributed by atoms with Gasteiger partial charge in [-0.1, -0.05) is 19.1 Å². The van der Waals surface area contributed by atoms with Crippen molar-refractivity contribution in [2.45, 2.75) is 32.4 Å². The summed E-state index contributed by atoms with van der Waals surface area (Å²) < 4.78 is 33.4. The van der Waals surface area contributed by atoms with Crippen molar-refractivity contribution in [2.75, 3.05) is 18.4 Å². The normalized spacial score (nSPS) is 14.7. The van der Waals surface area contributed by atoms with Gasteiger partial charge in [-0.3, -0.25) is 9.59 Å². The lowest BCUT2D eigenvalue weighted by Gasteiger charge is -2.27. The van der Waals surface area contributed by atoms with Crippen LogP contribution in [0.3, 0.4) is 0 Å². The van der Waals surface area contributed by atoms with Crippen LogP contribution in [0.2, 0.25) is 0 Å². The number of rotatable bonds is 7. The number of nitrogens with one attached hydrogen (secondary N) is 3. The number of amides is 2. The Balaban J connectivity index is 0.000000532. The van der Waals surface area contributed by atoms with Gasteiger partial charge in [-0.05, 0) is 68.6 Å². The van der Waals surface area contributed by atoms with Crippen LogP contribution in [0.25, 0.3) is 16.6 Å². The number of halogens is 3. The van der Waals surface area contributed by atoms with Crippen molar-refractivity contribution in [2.24, 2.45) is 17.6 Å². The summed E-state index contributed by atoms with van der Waals surface area (Å²) in [5, 5.41) is 27.3. The van der Waals surface area contributed by atoms with Crippen molar-refractivity contribution in [3.05, 3.63) is 54.2 Å². The Morgan fingerprint density at radius 1 is 1.18 bits per heavy atom. The van der Waals surface area contributed by atoms with Crippen LogP contribution in [-0.2, 0) is 9.59 Å². The third kappa shape index (κ3) is 7.41. The number of carboxylic acids is 1. The number of nitrogens with two attached hydrogens (primary N) is 1. The van der Waals surface area contributed by atoms with Crippen LogP contribution in [0, 0.1) is 17.2 Å². The number of benzene rings is 2. The summed E-state index contributed by atoms with van der Waals surface area (Å²) in [6.45, 7) is 3.75. The fourth-order valence-electron chi connectivity index (χ4n) is 4.27. The molecule has 3 aromatic rings. The van der Waals surface area contributed by atoms with E-state index in [1.807, 2.05) is 43.5 Å². The van der Waals surface area contributed by atoms with E-state index in [4.69, 9.17) is 21.0 Å². The molecule has 0 radical (unpaired) electrons. The highest BCUT2D eigenvalue weighted by Gasteiger charge is 2.38. The Bertz CT molecular complexity index is 1350. The van der Waals surface area contributed by atoms with Gasteiger partial charge < -0.3 is 26.9 Å². The molecule has 0 unspecified atom stereocenters. The van der Waals surface area contributed by atoms with Gasteiger partial charge >= 0.3 is 12.1 Å². The molecular weight excluding hydrogens is 517 g/mol. The molecule has 208 valence electrons. The number of alkyl halides is 3. The van der Waals surface area contributed by atoms with Crippen LogP contribution in [0.1, 0.15) is 36.5 Å². The predicted octanol–water partition coefficient (Wildman–Crippen LogP) is 3.74. The molecule has 1 saturated heterocycles. The predicted molar refractivity (Wildman–Crippen MR) is 139 cm³/mol. The highest BCUT2D eigenvalue weighted by molar-refractivity contribution is 6.09. The third-order valence-corrected chi connectivity index (χ3v) is 6.32. The Kier molecular flexibility index (Phi) is 9.41. The highest BCUT2D eigenvalue weighted by Crippen LogP contribution is 2.23. The highest BCUT2D eigenvalue weighted by atomic mass is 19.4. The van der Waals surface area contributed by atoms with Gasteiger partial charge in [0.25, 0.3) is 5.91 Å². The van der Waals surface area contributed by atoms with Crippen LogP contribution in [0.5, 0.6) is 0 Å². The van der Waals surface area contributed by atoms with Gasteiger partial charge in [-0.15, -0.1) is 0 Å². The van der Waals surface area contributed by atoms with E-state index in [-0.39, 0.29) is 11.8 Å². The molecule has 1 atom stereocenters. The second kappa shape index (κ2) is 12.5. The Morgan fingerprint density at radius 2 is 1.79 bits per heavy atom. The van der Waals surface area contributed by atoms with Gasteiger partial charge in [0.15, 0.2) is 0 Å². The van der Waals surface area contributed by atoms with Gasteiger partial charge in [0, 0.05) is 23.0 Å². The molecule has 2 amide bonds. The number of fused-ring (bicyclic) bond motifs is 1. The van der Waals surface area contributed by atoms with Crippen molar-refractivity contribution >= 4 is 40.1 Å². The molecule has 0 bridgehead atoms. The van der Waals surface area contributed by atoms with E-state index in [1.54, 1.807) is 16.8 Å². The molecule has 1 aliphatic rings. The number of aromatic nitrogens is 2. The second-order valence-electron chi connectivity index (χ2n) is 8.96. The molecule has 39 heavy (non-hydrogen) atoms. The fraction of sp³-hybridized carbons (Fsp3) is 0.346.